The Hall–Kier alpha value is -0.350. The smallest absolute Gasteiger partial charge is 0.208 e. The van der Waals surface area contributed by atoms with Crippen LogP contribution in [0.3, 0.4) is 0 Å². The molecule has 1 heterocycles. The molecule has 1 rings (SSSR count). The number of halogens is 1. The van der Waals surface area contributed by atoms with Gasteiger partial charge < -0.3 is 4.90 Å². The largest absolute Gasteiger partial charge is 0.350 e. The van der Waals surface area contributed by atoms with Crippen LogP contribution in [-0.2, 0) is 0 Å². The van der Waals surface area contributed by atoms with Crippen LogP contribution in [0.1, 0.15) is 24.3 Å². The quantitative estimate of drug-likeness (QED) is 0.559. The Labute approximate surface area is 94.1 Å². The van der Waals surface area contributed by atoms with Gasteiger partial charge in [-0.05, 0) is 19.8 Å². The van der Waals surface area contributed by atoms with Gasteiger partial charge in [0.2, 0.25) is 5.13 Å². The zero-order valence-electron chi connectivity index (χ0n) is 8.66. The molecule has 0 N–H and O–H groups in total. The van der Waals surface area contributed by atoms with E-state index in [4.69, 9.17) is 11.6 Å². The SMILES string of the molecule is Cc1nnc(N(C)CCCCCCl)s1. The summed E-state index contributed by atoms with van der Waals surface area (Å²) >= 11 is 7.24. The fourth-order valence-electron chi connectivity index (χ4n) is 1.16. The molecule has 0 bridgehead atoms. The second-order valence-corrected chi connectivity index (χ2v) is 4.81. The van der Waals surface area contributed by atoms with Gasteiger partial charge in [-0.1, -0.05) is 17.8 Å². The van der Waals surface area contributed by atoms with Crippen LogP contribution in [0.2, 0.25) is 0 Å². The van der Waals surface area contributed by atoms with E-state index in [2.05, 4.69) is 22.1 Å². The average molecular weight is 234 g/mol. The Bertz CT molecular complexity index is 264. The van der Waals surface area contributed by atoms with Gasteiger partial charge >= 0.3 is 0 Å². The maximum atomic E-state index is 5.60. The van der Waals surface area contributed by atoms with Crippen molar-refractivity contribution in [3.05, 3.63) is 5.01 Å². The van der Waals surface area contributed by atoms with E-state index in [0.717, 1.165) is 29.0 Å². The van der Waals surface area contributed by atoms with Crippen molar-refractivity contribution in [2.75, 3.05) is 24.4 Å². The Morgan fingerprint density at radius 3 is 2.64 bits per heavy atom. The minimum atomic E-state index is 0.766. The summed E-state index contributed by atoms with van der Waals surface area (Å²) in [6.07, 6.45) is 3.46. The van der Waals surface area contributed by atoms with Crippen LogP contribution in [0.5, 0.6) is 0 Å². The number of unbranched alkanes of at least 4 members (excludes halogenated alkanes) is 2. The van der Waals surface area contributed by atoms with Crippen LogP contribution in [0.25, 0.3) is 0 Å². The molecule has 0 fully saturated rings. The monoisotopic (exact) mass is 233 g/mol. The van der Waals surface area contributed by atoms with Gasteiger partial charge in [0.05, 0.1) is 0 Å². The number of anilines is 1. The second-order valence-electron chi connectivity index (χ2n) is 3.27. The molecule has 0 aliphatic heterocycles. The number of rotatable bonds is 6. The highest BCUT2D eigenvalue weighted by molar-refractivity contribution is 7.15. The first-order valence-electron chi connectivity index (χ1n) is 4.81. The molecular formula is C9H16ClN3S. The lowest BCUT2D eigenvalue weighted by molar-refractivity contribution is 0.705. The molecule has 0 aliphatic carbocycles. The van der Waals surface area contributed by atoms with Crippen molar-refractivity contribution in [2.24, 2.45) is 0 Å². The van der Waals surface area contributed by atoms with Crippen molar-refractivity contribution in [1.29, 1.82) is 0 Å². The molecule has 1 aromatic rings. The fourth-order valence-corrected chi connectivity index (χ4v) is 2.02. The van der Waals surface area contributed by atoms with Gasteiger partial charge in [0.1, 0.15) is 5.01 Å². The van der Waals surface area contributed by atoms with E-state index in [0.29, 0.717) is 0 Å². The summed E-state index contributed by atoms with van der Waals surface area (Å²) in [6.45, 7) is 3.01. The zero-order valence-corrected chi connectivity index (χ0v) is 10.2. The van der Waals surface area contributed by atoms with Crippen LogP contribution < -0.4 is 4.90 Å². The minimum absolute atomic E-state index is 0.766. The summed E-state index contributed by atoms with van der Waals surface area (Å²) in [6, 6.07) is 0. The highest BCUT2D eigenvalue weighted by Gasteiger charge is 2.05. The van der Waals surface area contributed by atoms with Crippen LogP contribution in [0, 0.1) is 6.92 Å². The van der Waals surface area contributed by atoms with Gasteiger partial charge in [0.25, 0.3) is 0 Å². The summed E-state index contributed by atoms with van der Waals surface area (Å²) in [5.74, 6) is 0.766. The Morgan fingerprint density at radius 2 is 2.07 bits per heavy atom. The Morgan fingerprint density at radius 1 is 1.29 bits per heavy atom. The van der Waals surface area contributed by atoms with Gasteiger partial charge in [-0.2, -0.15) is 0 Å². The highest BCUT2D eigenvalue weighted by Crippen LogP contribution is 2.18. The molecule has 0 saturated heterocycles. The third-order valence-corrected chi connectivity index (χ3v) is 3.19. The number of hydrogen-bond donors (Lipinski definition) is 0. The highest BCUT2D eigenvalue weighted by atomic mass is 35.5. The number of aryl methyl sites for hydroxylation is 1. The third-order valence-electron chi connectivity index (χ3n) is 1.97. The first kappa shape index (κ1) is 11.7. The van der Waals surface area contributed by atoms with Crippen LogP contribution in [0.4, 0.5) is 5.13 Å². The zero-order chi connectivity index (χ0) is 10.4. The average Bonchev–Trinajstić information content (AvgIpc) is 2.59. The lowest BCUT2D eigenvalue weighted by atomic mass is 10.2. The molecule has 0 atom stereocenters. The van der Waals surface area contributed by atoms with Gasteiger partial charge in [-0.3, -0.25) is 0 Å². The lowest BCUT2D eigenvalue weighted by Gasteiger charge is -2.14. The van der Waals surface area contributed by atoms with E-state index in [-0.39, 0.29) is 0 Å². The first-order valence-corrected chi connectivity index (χ1v) is 6.16. The number of aromatic nitrogens is 2. The third kappa shape index (κ3) is 3.80. The maximum absolute atomic E-state index is 5.60. The van der Waals surface area contributed by atoms with E-state index in [1.165, 1.54) is 12.8 Å². The second kappa shape index (κ2) is 6.19. The molecule has 0 unspecified atom stereocenters. The standard InChI is InChI=1S/C9H16ClN3S/c1-8-11-12-9(14-8)13(2)7-5-3-4-6-10/h3-7H2,1-2H3. The normalized spacial score (nSPS) is 10.5. The topological polar surface area (TPSA) is 29.0 Å². The molecule has 3 nitrogen and oxygen atoms in total. The van der Waals surface area contributed by atoms with Crippen molar-refractivity contribution in [3.63, 3.8) is 0 Å². The molecule has 14 heavy (non-hydrogen) atoms. The molecule has 0 saturated carbocycles. The Balaban J connectivity index is 2.25. The van der Waals surface area contributed by atoms with Crippen LogP contribution in [-0.4, -0.2) is 29.7 Å². The molecule has 0 aromatic carbocycles. The summed E-state index contributed by atoms with van der Waals surface area (Å²) in [7, 11) is 2.06. The molecule has 5 heteroatoms. The van der Waals surface area contributed by atoms with Gasteiger partial charge in [0.15, 0.2) is 0 Å². The van der Waals surface area contributed by atoms with Crippen LogP contribution in [0.15, 0.2) is 0 Å². The predicted molar refractivity (Wildman–Crippen MR) is 62.5 cm³/mol. The van der Waals surface area contributed by atoms with Gasteiger partial charge in [-0.25, -0.2) is 0 Å². The molecule has 0 amide bonds. The van der Waals surface area contributed by atoms with Crippen molar-refractivity contribution in [3.8, 4) is 0 Å². The van der Waals surface area contributed by atoms with Crippen molar-refractivity contribution in [2.45, 2.75) is 26.2 Å². The molecule has 1 aromatic heterocycles. The first-order chi connectivity index (χ1) is 6.74. The molecule has 80 valence electrons. The molecule has 0 aliphatic rings. The van der Waals surface area contributed by atoms with Crippen molar-refractivity contribution in [1.82, 2.24) is 10.2 Å². The van der Waals surface area contributed by atoms with Crippen LogP contribution >= 0.6 is 22.9 Å². The van der Waals surface area contributed by atoms with E-state index in [9.17, 15) is 0 Å². The number of hydrogen-bond acceptors (Lipinski definition) is 4. The van der Waals surface area contributed by atoms with Gasteiger partial charge in [-0.15, -0.1) is 21.8 Å². The van der Waals surface area contributed by atoms with E-state index < -0.39 is 0 Å². The van der Waals surface area contributed by atoms with Crippen molar-refractivity contribution < 1.29 is 0 Å². The van der Waals surface area contributed by atoms with Crippen molar-refractivity contribution >= 4 is 28.1 Å². The molecule has 0 spiro atoms. The Kier molecular flexibility index (Phi) is 5.19. The van der Waals surface area contributed by atoms with Gasteiger partial charge in [0, 0.05) is 19.5 Å². The van der Waals surface area contributed by atoms with E-state index >= 15 is 0 Å². The van der Waals surface area contributed by atoms with E-state index in [1.807, 2.05) is 6.92 Å². The molecule has 0 radical (unpaired) electrons. The lowest BCUT2D eigenvalue weighted by Crippen LogP contribution is -2.18. The minimum Gasteiger partial charge on any atom is -0.350 e. The molecular weight excluding hydrogens is 218 g/mol. The number of alkyl halides is 1. The summed E-state index contributed by atoms with van der Waals surface area (Å²) in [5.41, 5.74) is 0. The van der Waals surface area contributed by atoms with E-state index in [1.54, 1.807) is 11.3 Å². The number of nitrogens with zero attached hydrogens (tertiary/aromatic N) is 3. The summed E-state index contributed by atoms with van der Waals surface area (Å²) in [4.78, 5) is 2.15. The fraction of sp³-hybridized carbons (Fsp3) is 0.778. The predicted octanol–water partition coefficient (Wildman–Crippen LogP) is 2.69. The summed E-state index contributed by atoms with van der Waals surface area (Å²) in [5, 5.41) is 10.1. The summed E-state index contributed by atoms with van der Waals surface area (Å²) < 4.78 is 0. The maximum Gasteiger partial charge on any atom is 0.208 e.